The fourth-order valence-corrected chi connectivity index (χ4v) is 2.42. The van der Waals surface area contributed by atoms with E-state index in [4.69, 9.17) is 0 Å². The summed E-state index contributed by atoms with van der Waals surface area (Å²) in [6.07, 6.45) is 6.50. The largest absolute Gasteiger partial charge is 0.416 e. The van der Waals surface area contributed by atoms with Gasteiger partial charge < -0.3 is 5.11 Å². The van der Waals surface area contributed by atoms with Crippen LogP contribution in [0.5, 0.6) is 0 Å². The molecule has 0 spiro atoms. The van der Waals surface area contributed by atoms with E-state index in [0.29, 0.717) is 0 Å². The molecule has 0 heterocycles. The molecule has 1 N–H and O–H groups in total. The molecular weight excluding hydrogens is 313 g/mol. The first kappa shape index (κ1) is 20.5. The first-order valence-corrected chi connectivity index (χ1v) is 8.42. The predicted octanol–water partition coefficient (Wildman–Crippen LogP) is 6.39. The minimum Gasteiger partial charge on any atom is -0.381 e. The summed E-state index contributed by atoms with van der Waals surface area (Å²) in [5.41, 5.74) is -0.777. The topological polar surface area (TPSA) is 20.2 Å². The monoisotopic (exact) mass is 340 g/mol. The lowest BCUT2D eigenvalue weighted by atomic mass is 9.93. The molecule has 24 heavy (non-hydrogen) atoms. The van der Waals surface area contributed by atoms with Gasteiger partial charge in [0, 0.05) is 0 Å². The highest BCUT2D eigenvalue weighted by Crippen LogP contribution is 2.32. The van der Waals surface area contributed by atoms with Gasteiger partial charge in [0.15, 0.2) is 0 Å². The second-order valence-corrected chi connectivity index (χ2v) is 6.41. The number of aliphatic hydroxyl groups is 1. The lowest BCUT2D eigenvalue weighted by Crippen LogP contribution is -2.18. The Morgan fingerprint density at radius 3 is 2.42 bits per heavy atom. The van der Waals surface area contributed by atoms with E-state index in [2.05, 4.69) is 6.92 Å². The Balaban J connectivity index is 2.75. The molecule has 0 radical (unpaired) electrons. The molecule has 1 nitrogen and oxygen atoms in total. The van der Waals surface area contributed by atoms with Gasteiger partial charge in [-0.3, -0.25) is 0 Å². The zero-order valence-electron chi connectivity index (χ0n) is 14.7. The van der Waals surface area contributed by atoms with Gasteiger partial charge in [-0.1, -0.05) is 56.0 Å². The maximum absolute atomic E-state index is 12.8. The van der Waals surface area contributed by atoms with Crippen LogP contribution in [0.15, 0.2) is 48.1 Å². The Hall–Kier alpha value is -1.55. The van der Waals surface area contributed by atoms with Crippen LogP contribution in [-0.4, -0.2) is 5.11 Å². The molecule has 4 heteroatoms. The Bertz CT molecular complexity index is 568. The van der Waals surface area contributed by atoms with Crippen LogP contribution in [-0.2, 0) is 11.8 Å². The van der Waals surface area contributed by atoms with Gasteiger partial charge >= 0.3 is 6.18 Å². The summed E-state index contributed by atoms with van der Waals surface area (Å²) >= 11 is 0. The van der Waals surface area contributed by atoms with Crippen molar-refractivity contribution < 1.29 is 18.3 Å². The second kappa shape index (κ2) is 9.07. The predicted molar refractivity (Wildman–Crippen MR) is 92.7 cm³/mol. The Morgan fingerprint density at radius 1 is 1.12 bits per heavy atom. The van der Waals surface area contributed by atoms with E-state index >= 15 is 0 Å². The van der Waals surface area contributed by atoms with Crippen LogP contribution in [0.2, 0.25) is 0 Å². The smallest absolute Gasteiger partial charge is 0.381 e. The molecule has 1 unspecified atom stereocenters. The van der Waals surface area contributed by atoms with Crippen LogP contribution in [0.1, 0.15) is 64.0 Å². The molecule has 0 fully saturated rings. The molecular formula is C20H27F3O. The van der Waals surface area contributed by atoms with Gasteiger partial charge in [0.05, 0.1) is 5.56 Å². The highest BCUT2D eigenvalue weighted by atomic mass is 19.4. The lowest BCUT2D eigenvalue weighted by Gasteiger charge is -2.20. The van der Waals surface area contributed by atoms with E-state index in [0.717, 1.165) is 25.0 Å². The molecule has 0 saturated heterocycles. The number of unbranched alkanes of at least 4 members (excludes halogenated alkanes) is 3. The summed E-state index contributed by atoms with van der Waals surface area (Å²) < 4.78 is 38.3. The van der Waals surface area contributed by atoms with Gasteiger partial charge in [-0.05, 0) is 50.5 Å². The molecule has 1 atom stereocenters. The van der Waals surface area contributed by atoms with Crippen molar-refractivity contribution in [1.29, 1.82) is 0 Å². The number of alkyl halides is 3. The summed E-state index contributed by atoms with van der Waals surface area (Å²) in [5.74, 6) is 0. The SMILES string of the molecule is CCCCCC/C(C)=C/C=C/C(C)(O)c1cccc(C(F)(F)F)c1. The van der Waals surface area contributed by atoms with Crippen molar-refractivity contribution in [2.75, 3.05) is 0 Å². The van der Waals surface area contributed by atoms with E-state index < -0.39 is 17.3 Å². The van der Waals surface area contributed by atoms with E-state index in [1.54, 1.807) is 6.08 Å². The van der Waals surface area contributed by atoms with E-state index in [1.165, 1.54) is 50.0 Å². The van der Waals surface area contributed by atoms with Crippen molar-refractivity contribution in [2.45, 2.75) is 64.7 Å². The summed E-state index contributed by atoms with van der Waals surface area (Å²) in [5, 5.41) is 10.5. The molecule has 0 saturated carbocycles. The molecule has 1 aromatic carbocycles. The first-order valence-electron chi connectivity index (χ1n) is 8.42. The quantitative estimate of drug-likeness (QED) is 0.430. The van der Waals surface area contributed by atoms with Gasteiger partial charge in [-0.15, -0.1) is 0 Å². The van der Waals surface area contributed by atoms with E-state index in [1.807, 2.05) is 13.0 Å². The van der Waals surface area contributed by atoms with Gasteiger partial charge in [-0.2, -0.15) is 13.2 Å². The third-order valence-electron chi connectivity index (χ3n) is 4.00. The number of halogens is 3. The van der Waals surface area contributed by atoms with Crippen LogP contribution in [0.3, 0.4) is 0 Å². The molecule has 0 aromatic heterocycles. The number of hydrogen-bond donors (Lipinski definition) is 1. The van der Waals surface area contributed by atoms with Gasteiger partial charge in [0.2, 0.25) is 0 Å². The lowest BCUT2D eigenvalue weighted by molar-refractivity contribution is -0.137. The number of benzene rings is 1. The van der Waals surface area contributed by atoms with Gasteiger partial charge in [0.1, 0.15) is 5.60 Å². The van der Waals surface area contributed by atoms with Crippen molar-refractivity contribution >= 4 is 0 Å². The standard InChI is InChI=1S/C20H27F3O/c1-4-5-6-7-10-16(2)11-9-14-19(3,24)17-12-8-13-18(15-17)20(21,22)23/h8-9,11-15,24H,4-7,10H2,1-3H3/b14-9+,16-11+. The molecule has 1 rings (SSSR count). The van der Waals surface area contributed by atoms with E-state index in [-0.39, 0.29) is 5.56 Å². The second-order valence-electron chi connectivity index (χ2n) is 6.41. The Morgan fingerprint density at radius 2 is 1.79 bits per heavy atom. The van der Waals surface area contributed by atoms with Gasteiger partial charge in [-0.25, -0.2) is 0 Å². The third-order valence-corrected chi connectivity index (χ3v) is 4.00. The maximum atomic E-state index is 12.8. The molecule has 134 valence electrons. The number of hydrogen-bond acceptors (Lipinski definition) is 1. The zero-order valence-corrected chi connectivity index (χ0v) is 14.7. The summed E-state index contributed by atoms with van der Waals surface area (Å²) in [7, 11) is 0. The van der Waals surface area contributed by atoms with Crippen LogP contribution in [0, 0.1) is 0 Å². The van der Waals surface area contributed by atoms with Crippen molar-refractivity contribution in [1.82, 2.24) is 0 Å². The fourth-order valence-electron chi connectivity index (χ4n) is 2.42. The average molecular weight is 340 g/mol. The third kappa shape index (κ3) is 6.91. The molecule has 0 aliphatic rings. The summed E-state index contributed by atoms with van der Waals surface area (Å²) in [6.45, 7) is 5.68. The summed E-state index contributed by atoms with van der Waals surface area (Å²) in [4.78, 5) is 0. The van der Waals surface area contributed by atoms with Crippen molar-refractivity contribution in [3.05, 3.63) is 59.2 Å². The summed E-state index contributed by atoms with van der Waals surface area (Å²) in [6, 6.07) is 4.81. The minimum absolute atomic E-state index is 0.225. The highest BCUT2D eigenvalue weighted by Gasteiger charge is 2.32. The van der Waals surface area contributed by atoms with Gasteiger partial charge in [0.25, 0.3) is 0 Å². The Labute approximate surface area is 142 Å². The molecule has 0 aliphatic heterocycles. The molecule has 0 aliphatic carbocycles. The average Bonchev–Trinajstić information content (AvgIpc) is 2.51. The molecule has 0 amide bonds. The normalized spacial score (nSPS) is 15.7. The van der Waals surface area contributed by atoms with Crippen molar-refractivity contribution in [2.24, 2.45) is 0 Å². The number of allylic oxidation sites excluding steroid dienone is 3. The zero-order chi connectivity index (χ0) is 18.2. The van der Waals surface area contributed by atoms with Crippen molar-refractivity contribution in [3.8, 4) is 0 Å². The molecule has 0 bridgehead atoms. The highest BCUT2D eigenvalue weighted by molar-refractivity contribution is 5.33. The van der Waals surface area contributed by atoms with E-state index in [9.17, 15) is 18.3 Å². The van der Waals surface area contributed by atoms with Crippen LogP contribution in [0.4, 0.5) is 13.2 Å². The van der Waals surface area contributed by atoms with Crippen molar-refractivity contribution in [3.63, 3.8) is 0 Å². The molecule has 1 aromatic rings. The maximum Gasteiger partial charge on any atom is 0.416 e. The fraction of sp³-hybridized carbons (Fsp3) is 0.500. The first-order chi connectivity index (χ1) is 11.2. The van der Waals surface area contributed by atoms with Crippen LogP contribution in [0.25, 0.3) is 0 Å². The Kier molecular flexibility index (Phi) is 7.74. The number of rotatable bonds is 8. The minimum atomic E-state index is -4.41. The van der Waals surface area contributed by atoms with Crippen LogP contribution >= 0.6 is 0 Å². The van der Waals surface area contributed by atoms with Crippen LogP contribution < -0.4 is 0 Å².